The van der Waals surface area contributed by atoms with Crippen LogP contribution in [0, 0.1) is 0 Å². The molecule has 3 heteroatoms. The summed E-state index contributed by atoms with van der Waals surface area (Å²) >= 11 is 11.9. The van der Waals surface area contributed by atoms with Crippen LogP contribution in [0.4, 0.5) is 0 Å². The molecule has 1 aromatic carbocycles. The van der Waals surface area contributed by atoms with Crippen molar-refractivity contribution in [2.24, 2.45) is 0 Å². The second-order valence-electron chi connectivity index (χ2n) is 3.19. The third-order valence-electron chi connectivity index (χ3n) is 2.02. The van der Waals surface area contributed by atoms with Gasteiger partial charge in [0, 0.05) is 0 Å². The van der Waals surface area contributed by atoms with Crippen molar-refractivity contribution >= 4 is 29.3 Å². The van der Waals surface area contributed by atoms with Crippen molar-refractivity contribution < 1.29 is 0 Å². The Morgan fingerprint density at radius 2 is 2.13 bits per heavy atom. The lowest BCUT2D eigenvalue weighted by Crippen LogP contribution is -2.12. The van der Waals surface area contributed by atoms with Crippen molar-refractivity contribution in [2.45, 2.75) is 13.3 Å². The first-order chi connectivity index (χ1) is 7.25. The second kappa shape index (κ2) is 6.89. The van der Waals surface area contributed by atoms with Crippen LogP contribution in [-0.2, 0) is 0 Å². The van der Waals surface area contributed by atoms with Gasteiger partial charge in [0.2, 0.25) is 0 Å². The van der Waals surface area contributed by atoms with E-state index in [-0.39, 0.29) is 0 Å². The van der Waals surface area contributed by atoms with Crippen molar-refractivity contribution in [1.82, 2.24) is 5.32 Å². The van der Waals surface area contributed by atoms with E-state index in [9.17, 15) is 0 Å². The van der Waals surface area contributed by atoms with Gasteiger partial charge in [-0.15, -0.1) is 0 Å². The van der Waals surface area contributed by atoms with E-state index in [1.54, 1.807) is 6.07 Å². The van der Waals surface area contributed by atoms with Crippen LogP contribution in [0.1, 0.15) is 18.9 Å². The smallest absolute Gasteiger partial charge is 0.0664 e. The first-order valence-electron chi connectivity index (χ1n) is 5.07. The molecule has 0 spiro atoms. The predicted molar refractivity (Wildman–Crippen MR) is 68.7 cm³/mol. The molecule has 0 atom stereocenters. The average Bonchev–Trinajstić information content (AvgIpc) is 2.24. The molecule has 0 saturated carbocycles. The van der Waals surface area contributed by atoms with Gasteiger partial charge in [0.15, 0.2) is 0 Å². The fourth-order valence-electron chi connectivity index (χ4n) is 1.22. The van der Waals surface area contributed by atoms with Crippen LogP contribution >= 0.6 is 23.2 Å². The molecule has 0 fully saturated rings. The van der Waals surface area contributed by atoms with Crippen molar-refractivity contribution in [1.29, 1.82) is 0 Å². The van der Waals surface area contributed by atoms with Gasteiger partial charge < -0.3 is 5.32 Å². The highest BCUT2D eigenvalue weighted by Gasteiger charge is 1.99. The molecule has 0 aliphatic rings. The Hall–Kier alpha value is -0.500. The van der Waals surface area contributed by atoms with E-state index in [1.807, 2.05) is 18.2 Å². The highest BCUT2D eigenvalue weighted by molar-refractivity contribution is 6.42. The fraction of sp³-hybridized carbons (Fsp3) is 0.333. The lowest BCUT2D eigenvalue weighted by atomic mass is 10.2. The van der Waals surface area contributed by atoms with Gasteiger partial charge in [-0.3, -0.25) is 0 Å². The van der Waals surface area contributed by atoms with Crippen molar-refractivity contribution in [3.8, 4) is 0 Å². The molecule has 82 valence electrons. The van der Waals surface area contributed by atoms with E-state index in [2.05, 4.69) is 18.3 Å². The summed E-state index contributed by atoms with van der Waals surface area (Å²) in [6.45, 7) is 4.09. The van der Waals surface area contributed by atoms with Gasteiger partial charge >= 0.3 is 0 Å². The molecule has 1 N–H and O–H groups in total. The normalized spacial score (nSPS) is 11.1. The Kier molecular flexibility index (Phi) is 5.77. The van der Waals surface area contributed by atoms with Crippen molar-refractivity contribution in [3.05, 3.63) is 39.9 Å². The molecule has 0 radical (unpaired) electrons. The highest BCUT2D eigenvalue weighted by Crippen LogP contribution is 2.26. The molecule has 0 heterocycles. The van der Waals surface area contributed by atoms with Crippen LogP contribution in [0.5, 0.6) is 0 Å². The fourth-order valence-corrected chi connectivity index (χ4v) is 1.59. The minimum Gasteiger partial charge on any atom is -0.317 e. The first kappa shape index (κ1) is 12.6. The van der Waals surface area contributed by atoms with Gasteiger partial charge in [-0.2, -0.15) is 0 Å². The van der Waals surface area contributed by atoms with Gasteiger partial charge in [-0.1, -0.05) is 54.4 Å². The number of benzene rings is 1. The quantitative estimate of drug-likeness (QED) is 0.772. The Balaban J connectivity index is 2.53. The number of rotatable bonds is 5. The summed E-state index contributed by atoms with van der Waals surface area (Å²) in [5.41, 5.74) is 0.973. The maximum Gasteiger partial charge on any atom is 0.0664 e. The lowest BCUT2D eigenvalue weighted by Gasteiger charge is -2.00. The molecule has 0 saturated heterocycles. The van der Waals surface area contributed by atoms with E-state index in [0.717, 1.165) is 25.1 Å². The monoisotopic (exact) mass is 243 g/mol. The molecule has 0 unspecified atom stereocenters. The van der Waals surface area contributed by atoms with Gasteiger partial charge in [-0.05, 0) is 31.1 Å². The van der Waals surface area contributed by atoms with Crippen molar-refractivity contribution in [2.75, 3.05) is 13.1 Å². The van der Waals surface area contributed by atoms with Gasteiger partial charge in [0.1, 0.15) is 0 Å². The van der Waals surface area contributed by atoms with Gasteiger partial charge in [0.05, 0.1) is 10.0 Å². The standard InChI is InChI=1S/C12H15Cl2N/c1-2-15-9-4-3-6-10-7-5-8-11(13)12(10)14/h3,5-8,15H,2,4,9H2,1H3. The zero-order chi connectivity index (χ0) is 11.1. The molecule has 0 aromatic heterocycles. The number of nitrogens with one attached hydrogen (secondary N) is 1. The van der Waals surface area contributed by atoms with Gasteiger partial charge in [0.25, 0.3) is 0 Å². The largest absolute Gasteiger partial charge is 0.317 e. The predicted octanol–water partition coefficient (Wildman–Crippen LogP) is 4.01. The molecule has 0 amide bonds. The minimum atomic E-state index is 0.602. The van der Waals surface area contributed by atoms with E-state index in [0.29, 0.717) is 10.0 Å². The minimum absolute atomic E-state index is 0.602. The summed E-state index contributed by atoms with van der Waals surface area (Å²) in [4.78, 5) is 0. The van der Waals surface area contributed by atoms with E-state index in [1.165, 1.54) is 0 Å². The summed E-state index contributed by atoms with van der Waals surface area (Å²) in [5.74, 6) is 0. The van der Waals surface area contributed by atoms with Gasteiger partial charge in [-0.25, -0.2) is 0 Å². The Bertz CT molecular complexity index is 334. The Labute approximate surface area is 101 Å². The molecular formula is C12H15Cl2N. The summed E-state index contributed by atoms with van der Waals surface area (Å²) in [7, 11) is 0. The average molecular weight is 244 g/mol. The van der Waals surface area contributed by atoms with Crippen LogP contribution in [0.25, 0.3) is 6.08 Å². The van der Waals surface area contributed by atoms with E-state index in [4.69, 9.17) is 23.2 Å². The number of halogens is 2. The van der Waals surface area contributed by atoms with Crippen LogP contribution in [0.2, 0.25) is 10.0 Å². The molecule has 0 aliphatic carbocycles. The highest BCUT2D eigenvalue weighted by atomic mass is 35.5. The van der Waals surface area contributed by atoms with Crippen molar-refractivity contribution in [3.63, 3.8) is 0 Å². The van der Waals surface area contributed by atoms with Crippen LogP contribution in [0.3, 0.4) is 0 Å². The third kappa shape index (κ3) is 4.25. The van der Waals surface area contributed by atoms with Crippen LogP contribution in [0.15, 0.2) is 24.3 Å². The number of hydrogen-bond acceptors (Lipinski definition) is 1. The zero-order valence-corrected chi connectivity index (χ0v) is 10.3. The summed E-state index contributed by atoms with van der Waals surface area (Å²) < 4.78 is 0. The Morgan fingerprint density at radius 1 is 1.33 bits per heavy atom. The molecule has 1 aromatic rings. The summed E-state index contributed by atoms with van der Waals surface area (Å²) in [6, 6.07) is 5.65. The maximum atomic E-state index is 6.03. The SMILES string of the molecule is CCNCCC=Cc1cccc(Cl)c1Cl. The third-order valence-corrected chi connectivity index (χ3v) is 2.85. The first-order valence-corrected chi connectivity index (χ1v) is 5.82. The Morgan fingerprint density at radius 3 is 2.87 bits per heavy atom. The molecule has 1 rings (SSSR count). The molecule has 0 aliphatic heterocycles. The zero-order valence-electron chi connectivity index (χ0n) is 8.76. The second-order valence-corrected chi connectivity index (χ2v) is 3.97. The summed E-state index contributed by atoms with van der Waals surface area (Å²) in [5, 5.41) is 4.48. The molecule has 1 nitrogen and oxygen atoms in total. The molecule has 15 heavy (non-hydrogen) atoms. The van der Waals surface area contributed by atoms with E-state index < -0.39 is 0 Å². The van der Waals surface area contributed by atoms with Crippen LogP contribution in [-0.4, -0.2) is 13.1 Å². The topological polar surface area (TPSA) is 12.0 Å². The van der Waals surface area contributed by atoms with E-state index >= 15 is 0 Å². The number of hydrogen-bond donors (Lipinski definition) is 1. The molecular weight excluding hydrogens is 229 g/mol. The molecule has 0 bridgehead atoms. The maximum absolute atomic E-state index is 6.03. The lowest BCUT2D eigenvalue weighted by molar-refractivity contribution is 0.727. The summed E-state index contributed by atoms with van der Waals surface area (Å²) in [6.07, 6.45) is 5.10. The van der Waals surface area contributed by atoms with Crippen LogP contribution < -0.4 is 5.32 Å².